The van der Waals surface area contributed by atoms with Crippen molar-refractivity contribution in [2.45, 2.75) is 20.1 Å². The van der Waals surface area contributed by atoms with E-state index in [0.29, 0.717) is 13.2 Å². The lowest BCUT2D eigenvalue weighted by Crippen LogP contribution is -1.97. The zero-order chi connectivity index (χ0) is 14.4. The molecule has 0 aliphatic heterocycles. The summed E-state index contributed by atoms with van der Waals surface area (Å²) in [6.45, 7) is 3.25. The van der Waals surface area contributed by atoms with Gasteiger partial charge in [0.15, 0.2) is 11.5 Å². The summed E-state index contributed by atoms with van der Waals surface area (Å²) in [5.41, 5.74) is 3.53. The number of aryl methyl sites for hydroxylation is 1. The minimum absolute atomic E-state index is 0.550. The highest BCUT2D eigenvalue weighted by Gasteiger charge is 2.05. The molecular formula is C17H20O3. The Labute approximate surface area is 120 Å². The molecule has 0 radical (unpaired) electrons. The van der Waals surface area contributed by atoms with Crippen LogP contribution >= 0.6 is 0 Å². The highest BCUT2D eigenvalue weighted by molar-refractivity contribution is 5.42. The van der Waals surface area contributed by atoms with E-state index in [0.717, 1.165) is 17.1 Å². The lowest BCUT2D eigenvalue weighted by molar-refractivity contribution is 0.106. The number of rotatable bonds is 6. The average Bonchev–Trinajstić information content (AvgIpc) is 2.49. The fraction of sp³-hybridized carbons (Fsp3) is 0.294. The van der Waals surface area contributed by atoms with Crippen LogP contribution in [0, 0.1) is 6.92 Å². The third-order valence-electron chi connectivity index (χ3n) is 3.24. The Kier molecular flexibility index (Phi) is 5.02. The number of ether oxygens (including phenoxy) is 3. The second-order valence-electron chi connectivity index (χ2n) is 4.61. The highest BCUT2D eigenvalue weighted by Crippen LogP contribution is 2.27. The summed E-state index contributed by atoms with van der Waals surface area (Å²) in [5.74, 6) is 1.46. The summed E-state index contributed by atoms with van der Waals surface area (Å²) in [6, 6.07) is 14.1. The first-order valence-electron chi connectivity index (χ1n) is 6.57. The normalized spacial score (nSPS) is 10.3. The maximum atomic E-state index is 5.76. The third kappa shape index (κ3) is 3.52. The van der Waals surface area contributed by atoms with E-state index in [1.807, 2.05) is 30.3 Å². The lowest BCUT2D eigenvalue weighted by Gasteiger charge is -2.10. The Morgan fingerprint density at radius 3 is 2.30 bits per heavy atom. The van der Waals surface area contributed by atoms with E-state index in [1.165, 1.54) is 11.1 Å². The van der Waals surface area contributed by atoms with Crippen molar-refractivity contribution in [3.05, 3.63) is 59.2 Å². The topological polar surface area (TPSA) is 27.7 Å². The maximum absolute atomic E-state index is 5.76. The molecule has 0 spiro atoms. The SMILES string of the molecule is COc1ccc(COCc2ccccc2C)cc1OC. The first kappa shape index (κ1) is 14.4. The zero-order valence-electron chi connectivity index (χ0n) is 12.2. The predicted molar refractivity (Wildman–Crippen MR) is 79.2 cm³/mol. The highest BCUT2D eigenvalue weighted by atomic mass is 16.5. The molecule has 2 aromatic rings. The molecule has 0 aromatic heterocycles. The Balaban J connectivity index is 1.96. The summed E-state index contributed by atoms with van der Waals surface area (Å²) < 4.78 is 16.3. The average molecular weight is 272 g/mol. The molecule has 0 aliphatic rings. The summed E-state index contributed by atoms with van der Waals surface area (Å²) in [6.07, 6.45) is 0. The zero-order valence-corrected chi connectivity index (χ0v) is 12.2. The fourth-order valence-electron chi connectivity index (χ4n) is 2.02. The van der Waals surface area contributed by atoms with Crippen LogP contribution in [0.5, 0.6) is 11.5 Å². The molecule has 0 saturated carbocycles. The monoisotopic (exact) mass is 272 g/mol. The molecule has 0 N–H and O–H groups in total. The van der Waals surface area contributed by atoms with Gasteiger partial charge in [-0.25, -0.2) is 0 Å². The molecule has 0 fully saturated rings. The van der Waals surface area contributed by atoms with E-state index in [1.54, 1.807) is 14.2 Å². The van der Waals surface area contributed by atoms with Crippen LogP contribution < -0.4 is 9.47 Å². The van der Waals surface area contributed by atoms with Crippen molar-refractivity contribution < 1.29 is 14.2 Å². The van der Waals surface area contributed by atoms with E-state index in [-0.39, 0.29) is 0 Å². The lowest BCUT2D eigenvalue weighted by atomic mass is 10.1. The maximum Gasteiger partial charge on any atom is 0.161 e. The summed E-state index contributed by atoms with van der Waals surface area (Å²) in [4.78, 5) is 0. The summed E-state index contributed by atoms with van der Waals surface area (Å²) in [7, 11) is 3.27. The van der Waals surface area contributed by atoms with E-state index >= 15 is 0 Å². The van der Waals surface area contributed by atoms with Gasteiger partial charge in [0.1, 0.15) is 0 Å². The second kappa shape index (κ2) is 6.96. The van der Waals surface area contributed by atoms with E-state index in [2.05, 4.69) is 19.1 Å². The Morgan fingerprint density at radius 2 is 1.60 bits per heavy atom. The smallest absolute Gasteiger partial charge is 0.161 e. The summed E-state index contributed by atoms with van der Waals surface area (Å²) in [5, 5.41) is 0. The quantitative estimate of drug-likeness (QED) is 0.802. The number of benzene rings is 2. The van der Waals surface area contributed by atoms with Crippen molar-refractivity contribution in [2.24, 2.45) is 0 Å². The van der Waals surface area contributed by atoms with Crippen LogP contribution in [0.25, 0.3) is 0 Å². The van der Waals surface area contributed by atoms with Crippen molar-refractivity contribution in [3.8, 4) is 11.5 Å². The number of hydrogen-bond acceptors (Lipinski definition) is 3. The van der Waals surface area contributed by atoms with Crippen LogP contribution in [0.1, 0.15) is 16.7 Å². The molecule has 106 valence electrons. The van der Waals surface area contributed by atoms with E-state index in [4.69, 9.17) is 14.2 Å². The van der Waals surface area contributed by atoms with Gasteiger partial charge >= 0.3 is 0 Å². The van der Waals surface area contributed by atoms with Crippen molar-refractivity contribution in [1.29, 1.82) is 0 Å². The molecule has 2 rings (SSSR count). The van der Waals surface area contributed by atoms with Crippen LogP contribution in [0.4, 0.5) is 0 Å². The van der Waals surface area contributed by atoms with Gasteiger partial charge in [-0.05, 0) is 35.7 Å². The number of hydrogen-bond donors (Lipinski definition) is 0. The molecular weight excluding hydrogens is 252 g/mol. The van der Waals surface area contributed by atoms with Gasteiger partial charge in [-0.2, -0.15) is 0 Å². The summed E-state index contributed by atoms with van der Waals surface area (Å²) >= 11 is 0. The van der Waals surface area contributed by atoms with Gasteiger partial charge in [-0.3, -0.25) is 0 Å². The molecule has 2 aromatic carbocycles. The minimum Gasteiger partial charge on any atom is -0.493 e. The molecule has 0 unspecified atom stereocenters. The van der Waals surface area contributed by atoms with Gasteiger partial charge in [0.2, 0.25) is 0 Å². The molecule has 0 bridgehead atoms. The Morgan fingerprint density at radius 1 is 0.850 bits per heavy atom. The fourth-order valence-corrected chi connectivity index (χ4v) is 2.02. The van der Waals surface area contributed by atoms with Crippen LogP contribution in [0.2, 0.25) is 0 Å². The van der Waals surface area contributed by atoms with Gasteiger partial charge in [0.25, 0.3) is 0 Å². The van der Waals surface area contributed by atoms with Gasteiger partial charge in [0.05, 0.1) is 27.4 Å². The third-order valence-corrected chi connectivity index (χ3v) is 3.24. The van der Waals surface area contributed by atoms with E-state index < -0.39 is 0 Å². The minimum atomic E-state index is 0.550. The second-order valence-corrected chi connectivity index (χ2v) is 4.61. The molecule has 3 heteroatoms. The van der Waals surface area contributed by atoms with Crippen molar-refractivity contribution in [3.63, 3.8) is 0 Å². The molecule has 0 saturated heterocycles. The van der Waals surface area contributed by atoms with Crippen LogP contribution in [-0.2, 0) is 18.0 Å². The van der Waals surface area contributed by atoms with Gasteiger partial charge in [-0.1, -0.05) is 30.3 Å². The molecule has 0 aliphatic carbocycles. The van der Waals surface area contributed by atoms with Crippen LogP contribution in [-0.4, -0.2) is 14.2 Å². The van der Waals surface area contributed by atoms with Gasteiger partial charge in [-0.15, -0.1) is 0 Å². The first-order chi connectivity index (χ1) is 9.74. The molecule has 0 heterocycles. The van der Waals surface area contributed by atoms with Crippen molar-refractivity contribution in [2.75, 3.05) is 14.2 Å². The Bertz CT molecular complexity index is 564. The predicted octanol–water partition coefficient (Wildman–Crippen LogP) is 3.73. The van der Waals surface area contributed by atoms with Gasteiger partial charge < -0.3 is 14.2 Å². The molecule has 20 heavy (non-hydrogen) atoms. The van der Waals surface area contributed by atoms with E-state index in [9.17, 15) is 0 Å². The van der Waals surface area contributed by atoms with Crippen molar-refractivity contribution >= 4 is 0 Å². The van der Waals surface area contributed by atoms with Crippen LogP contribution in [0.3, 0.4) is 0 Å². The molecule has 0 amide bonds. The Hall–Kier alpha value is -2.00. The van der Waals surface area contributed by atoms with Crippen molar-refractivity contribution in [1.82, 2.24) is 0 Å². The molecule has 3 nitrogen and oxygen atoms in total. The molecule has 0 atom stereocenters. The van der Waals surface area contributed by atoms with Crippen LogP contribution in [0.15, 0.2) is 42.5 Å². The first-order valence-corrected chi connectivity index (χ1v) is 6.57. The standard InChI is InChI=1S/C17H20O3/c1-13-6-4-5-7-15(13)12-20-11-14-8-9-16(18-2)17(10-14)19-3/h4-10H,11-12H2,1-3H3. The largest absolute Gasteiger partial charge is 0.493 e. The van der Waals surface area contributed by atoms with Gasteiger partial charge in [0, 0.05) is 0 Å². The number of methoxy groups -OCH3 is 2.